The Bertz CT molecular complexity index is 584. The summed E-state index contributed by atoms with van der Waals surface area (Å²) in [7, 11) is 0. The molecule has 2 N–H and O–H groups in total. The molecule has 0 amide bonds. The summed E-state index contributed by atoms with van der Waals surface area (Å²) in [5, 5.41) is 2.79. The topological polar surface area (TPSA) is 26.0 Å². The first-order valence-corrected chi connectivity index (χ1v) is 8.48. The van der Waals surface area contributed by atoms with Crippen LogP contribution in [0.3, 0.4) is 0 Å². The second kappa shape index (κ2) is 6.62. The summed E-state index contributed by atoms with van der Waals surface area (Å²) in [6.07, 6.45) is 6.58. The zero-order valence-electron chi connectivity index (χ0n) is 13.1. The molecule has 0 spiro atoms. The van der Waals surface area contributed by atoms with Gasteiger partial charge in [0.15, 0.2) is 0 Å². The van der Waals surface area contributed by atoms with Crippen molar-refractivity contribution in [3.05, 3.63) is 48.0 Å². The molecule has 0 heterocycles. The minimum absolute atomic E-state index is 0.715. The lowest BCUT2D eigenvalue weighted by atomic mass is 9.71. The van der Waals surface area contributed by atoms with Gasteiger partial charge in [-0.3, -0.25) is 0 Å². The molecular formula is C20H27N. The third-order valence-electron chi connectivity index (χ3n) is 5.49. The van der Waals surface area contributed by atoms with Crippen molar-refractivity contribution in [3.8, 4) is 0 Å². The van der Waals surface area contributed by atoms with Crippen LogP contribution in [0.5, 0.6) is 0 Å². The van der Waals surface area contributed by atoms with Crippen LogP contribution in [-0.2, 0) is 6.42 Å². The maximum atomic E-state index is 6.05. The van der Waals surface area contributed by atoms with E-state index >= 15 is 0 Å². The van der Waals surface area contributed by atoms with Gasteiger partial charge in [-0.25, -0.2) is 0 Å². The van der Waals surface area contributed by atoms with Crippen LogP contribution >= 0.6 is 0 Å². The van der Waals surface area contributed by atoms with E-state index in [0.29, 0.717) is 5.92 Å². The summed E-state index contributed by atoms with van der Waals surface area (Å²) in [5.41, 5.74) is 7.55. The molecule has 3 unspecified atom stereocenters. The molecular weight excluding hydrogens is 254 g/mol. The molecule has 0 radical (unpaired) electrons. The molecule has 3 atom stereocenters. The Morgan fingerprint density at radius 1 is 1.00 bits per heavy atom. The molecule has 3 rings (SSSR count). The normalized spacial score (nSPS) is 26.1. The van der Waals surface area contributed by atoms with E-state index in [0.717, 1.165) is 18.4 Å². The summed E-state index contributed by atoms with van der Waals surface area (Å²) in [6.45, 7) is 3.19. The van der Waals surface area contributed by atoms with E-state index in [9.17, 15) is 0 Å². The monoisotopic (exact) mass is 281 g/mol. The van der Waals surface area contributed by atoms with Crippen molar-refractivity contribution in [3.63, 3.8) is 0 Å². The second-order valence-corrected chi connectivity index (χ2v) is 6.69. The third kappa shape index (κ3) is 3.13. The number of hydrogen-bond acceptors (Lipinski definition) is 1. The van der Waals surface area contributed by atoms with E-state index in [1.807, 2.05) is 0 Å². The van der Waals surface area contributed by atoms with Gasteiger partial charge in [0.25, 0.3) is 0 Å². The molecule has 0 aromatic heterocycles. The SMILES string of the molecule is CCC1CCC(CN)C(Cc2cccc3ccccc23)C1. The van der Waals surface area contributed by atoms with Crippen LogP contribution in [0, 0.1) is 17.8 Å². The van der Waals surface area contributed by atoms with Crippen molar-refractivity contribution in [1.29, 1.82) is 0 Å². The second-order valence-electron chi connectivity index (χ2n) is 6.69. The quantitative estimate of drug-likeness (QED) is 0.857. The van der Waals surface area contributed by atoms with E-state index in [2.05, 4.69) is 49.4 Å². The van der Waals surface area contributed by atoms with Crippen molar-refractivity contribution in [2.75, 3.05) is 6.54 Å². The van der Waals surface area contributed by atoms with E-state index in [1.165, 1.54) is 48.4 Å². The van der Waals surface area contributed by atoms with Crippen molar-refractivity contribution in [1.82, 2.24) is 0 Å². The number of fused-ring (bicyclic) bond motifs is 1. The lowest BCUT2D eigenvalue weighted by Gasteiger charge is -2.35. The van der Waals surface area contributed by atoms with E-state index < -0.39 is 0 Å². The van der Waals surface area contributed by atoms with Gasteiger partial charge in [0.2, 0.25) is 0 Å². The fourth-order valence-corrected chi connectivity index (χ4v) is 4.11. The predicted molar refractivity (Wildman–Crippen MR) is 91.3 cm³/mol. The van der Waals surface area contributed by atoms with Gasteiger partial charge in [0, 0.05) is 0 Å². The zero-order valence-corrected chi connectivity index (χ0v) is 13.1. The van der Waals surface area contributed by atoms with Crippen LogP contribution in [0.1, 0.15) is 38.2 Å². The molecule has 2 aromatic carbocycles. The lowest BCUT2D eigenvalue weighted by Crippen LogP contribution is -2.31. The fourth-order valence-electron chi connectivity index (χ4n) is 4.11. The highest BCUT2D eigenvalue weighted by Crippen LogP contribution is 2.37. The molecule has 0 bridgehead atoms. The molecule has 1 nitrogen and oxygen atoms in total. The summed E-state index contributed by atoms with van der Waals surface area (Å²) in [5.74, 6) is 2.39. The smallest absolute Gasteiger partial charge is 0.00461 e. The highest BCUT2D eigenvalue weighted by atomic mass is 14.6. The molecule has 1 fully saturated rings. The summed E-state index contributed by atoms with van der Waals surface area (Å²) >= 11 is 0. The Hall–Kier alpha value is -1.34. The molecule has 0 saturated heterocycles. The highest BCUT2D eigenvalue weighted by molar-refractivity contribution is 5.85. The molecule has 21 heavy (non-hydrogen) atoms. The highest BCUT2D eigenvalue weighted by Gasteiger charge is 2.29. The van der Waals surface area contributed by atoms with Gasteiger partial charge in [0.1, 0.15) is 0 Å². The van der Waals surface area contributed by atoms with Crippen molar-refractivity contribution >= 4 is 10.8 Å². The third-order valence-corrected chi connectivity index (χ3v) is 5.49. The van der Waals surface area contributed by atoms with Crippen LogP contribution in [0.25, 0.3) is 10.8 Å². The average molecular weight is 281 g/mol. The van der Waals surface area contributed by atoms with Gasteiger partial charge in [-0.1, -0.05) is 62.2 Å². The minimum Gasteiger partial charge on any atom is -0.330 e. The largest absolute Gasteiger partial charge is 0.330 e. The molecule has 1 saturated carbocycles. The number of rotatable bonds is 4. The van der Waals surface area contributed by atoms with E-state index in [1.54, 1.807) is 0 Å². The maximum Gasteiger partial charge on any atom is -0.00461 e. The zero-order chi connectivity index (χ0) is 14.7. The first-order chi connectivity index (χ1) is 10.3. The maximum absolute atomic E-state index is 6.05. The number of benzene rings is 2. The predicted octanol–water partition coefficient (Wildman–Crippen LogP) is 4.78. The molecule has 0 aliphatic heterocycles. The van der Waals surface area contributed by atoms with Gasteiger partial charge in [-0.15, -0.1) is 0 Å². The first-order valence-electron chi connectivity index (χ1n) is 8.48. The number of hydrogen-bond donors (Lipinski definition) is 1. The van der Waals surface area contributed by atoms with Crippen LogP contribution in [0.15, 0.2) is 42.5 Å². The minimum atomic E-state index is 0.715. The summed E-state index contributed by atoms with van der Waals surface area (Å²) in [4.78, 5) is 0. The van der Waals surface area contributed by atoms with Crippen LogP contribution in [0.2, 0.25) is 0 Å². The van der Waals surface area contributed by atoms with E-state index in [-0.39, 0.29) is 0 Å². The molecule has 112 valence electrons. The Kier molecular flexibility index (Phi) is 4.60. The Morgan fingerprint density at radius 2 is 1.81 bits per heavy atom. The van der Waals surface area contributed by atoms with E-state index in [4.69, 9.17) is 5.73 Å². The van der Waals surface area contributed by atoms with Crippen LogP contribution < -0.4 is 5.73 Å². The Balaban J connectivity index is 1.85. The first kappa shape index (κ1) is 14.6. The van der Waals surface area contributed by atoms with Gasteiger partial charge in [-0.2, -0.15) is 0 Å². The molecule has 1 aliphatic rings. The molecule has 2 aromatic rings. The van der Waals surface area contributed by atoms with Crippen molar-refractivity contribution in [2.24, 2.45) is 23.5 Å². The fraction of sp³-hybridized carbons (Fsp3) is 0.500. The Labute approximate surface area is 128 Å². The van der Waals surface area contributed by atoms with Crippen molar-refractivity contribution < 1.29 is 0 Å². The molecule has 1 aliphatic carbocycles. The van der Waals surface area contributed by atoms with Gasteiger partial charge >= 0.3 is 0 Å². The van der Waals surface area contributed by atoms with Crippen LogP contribution in [0.4, 0.5) is 0 Å². The van der Waals surface area contributed by atoms with Gasteiger partial charge < -0.3 is 5.73 Å². The average Bonchev–Trinajstić information content (AvgIpc) is 2.55. The van der Waals surface area contributed by atoms with Crippen LogP contribution in [-0.4, -0.2) is 6.54 Å². The van der Waals surface area contributed by atoms with Gasteiger partial charge in [-0.05, 0) is 59.9 Å². The summed E-state index contributed by atoms with van der Waals surface area (Å²) in [6, 6.07) is 15.5. The van der Waals surface area contributed by atoms with Crippen molar-refractivity contribution in [2.45, 2.75) is 39.0 Å². The van der Waals surface area contributed by atoms with Gasteiger partial charge in [0.05, 0.1) is 0 Å². The number of nitrogens with two attached hydrogens (primary N) is 1. The standard InChI is InChI=1S/C20H27N/c1-2-15-10-11-18(14-21)19(12-15)13-17-8-5-7-16-6-3-4-9-20(16)17/h3-9,15,18-19H,2,10-14,21H2,1H3. The Morgan fingerprint density at radius 3 is 2.62 bits per heavy atom. The molecule has 1 heteroatoms. The lowest BCUT2D eigenvalue weighted by molar-refractivity contribution is 0.180. The summed E-state index contributed by atoms with van der Waals surface area (Å²) < 4.78 is 0.